The van der Waals surface area contributed by atoms with E-state index in [2.05, 4.69) is 15.5 Å². The third-order valence-electron chi connectivity index (χ3n) is 4.97. The Morgan fingerprint density at radius 1 is 1.18 bits per heavy atom. The first-order valence-electron chi connectivity index (χ1n) is 8.42. The van der Waals surface area contributed by atoms with Gasteiger partial charge in [-0.15, -0.1) is 5.10 Å². The van der Waals surface area contributed by atoms with E-state index in [1.165, 1.54) is 43.9 Å². The number of carbonyl (C=O) groups excluding carboxylic acids is 1. The average Bonchev–Trinajstić information content (AvgIpc) is 3.23. The van der Waals surface area contributed by atoms with Crippen LogP contribution in [0.1, 0.15) is 63.8 Å². The van der Waals surface area contributed by atoms with Crippen LogP contribution in [0.4, 0.5) is 0 Å². The predicted octanol–water partition coefficient (Wildman–Crippen LogP) is 2.67. The maximum atomic E-state index is 12.4. The standard InChI is InChI=1S/C15H25N5OS/c1-19(12-7-3-2-4-8-12)14(21)11-22-15-16-17-18-20(15)13-9-5-6-10-13/h12-13H,2-11H2,1H3. The smallest absolute Gasteiger partial charge is 0.233 e. The van der Waals surface area contributed by atoms with Gasteiger partial charge in [-0.2, -0.15) is 0 Å². The first kappa shape index (κ1) is 15.8. The number of thioether (sulfide) groups is 1. The number of nitrogens with zero attached hydrogens (tertiary/aromatic N) is 5. The van der Waals surface area contributed by atoms with Gasteiger partial charge in [0.25, 0.3) is 0 Å². The fourth-order valence-corrected chi connectivity index (χ4v) is 4.43. The second-order valence-corrected chi connectivity index (χ2v) is 7.37. The van der Waals surface area contributed by atoms with Crippen LogP contribution < -0.4 is 0 Å². The molecular weight excluding hydrogens is 298 g/mol. The zero-order valence-corrected chi connectivity index (χ0v) is 14.1. The molecule has 7 heteroatoms. The van der Waals surface area contributed by atoms with Gasteiger partial charge in [0.1, 0.15) is 0 Å². The Hall–Kier alpha value is -1.11. The number of tetrazole rings is 1. The van der Waals surface area contributed by atoms with E-state index >= 15 is 0 Å². The highest BCUT2D eigenvalue weighted by Crippen LogP contribution is 2.31. The summed E-state index contributed by atoms with van der Waals surface area (Å²) >= 11 is 1.48. The lowest BCUT2D eigenvalue weighted by atomic mass is 9.94. The minimum Gasteiger partial charge on any atom is -0.342 e. The Bertz CT molecular complexity index is 494. The molecule has 0 aromatic carbocycles. The van der Waals surface area contributed by atoms with E-state index in [-0.39, 0.29) is 5.91 Å². The van der Waals surface area contributed by atoms with E-state index < -0.39 is 0 Å². The van der Waals surface area contributed by atoms with Gasteiger partial charge in [-0.05, 0) is 36.1 Å². The lowest BCUT2D eigenvalue weighted by Gasteiger charge is -2.31. The zero-order chi connectivity index (χ0) is 15.4. The van der Waals surface area contributed by atoms with E-state index in [1.54, 1.807) is 0 Å². The molecule has 0 radical (unpaired) electrons. The fourth-order valence-electron chi connectivity index (χ4n) is 3.56. The highest BCUT2D eigenvalue weighted by molar-refractivity contribution is 7.99. The summed E-state index contributed by atoms with van der Waals surface area (Å²) in [6, 6.07) is 0.844. The monoisotopic (exact) mass is 323 g/mol. The second kappa shape index (κ2) is 7.44. The van der Waals surface area contributed by atoms with Crippen molar-refractivity contribution in [1.29, 1.82) is 0 Å². The molecular formula is C15H25N5OS. The second-order valence-electron chi connectivity index (χ2n) is 6.43. The maximum Gasteiger partial charge on any atom is 0.233 e. The topological polar surface area (TPSA) is 63.9 Å². The van der Waals surface area contributed by atoms with Gasteiger partial charge in [-0.25, -0.2) is 4.68 Å². The van der Waals surface area contributed by atoms with Gasteiger partial charge in [0.05, 0.1) is 11.8 Å². The van der Waals surface area contributed by atoms with Crippen molar-refractivity contribution in [1.82, 2.24) is 25.1 Å². The van der Waals surface area contributed by atoms with E-state index in [1.807, 2.05) is 16.6 Å². The third kappa shape index (κ3) is 3.62. The normalized spacial score (nSPS) is 20.4. The van der Waals surface area contributed by atoms with Crippen LogP contribution in [0.3, 0.4) is 0 Å². The van der Waals surface area contributed by atoms with Crippen LogP contribution in [0, 0.1) is 0 Å². The molecule has 6 nitrogen and oxygen atoms in total. The lowest BCUT2D eigenvalue weighted by Crippen LogP contribution is -2.39. The molecule has 3 rings (SSSR count). The predicted molar refractivity (Wildman–Crippen MR) is 85.7 cm³/mol. The van der Waals surface area contributed by atoms with Gasteiger partial charge in [0, 0.05) is 13.1 Å². The summed E-state index contributed by atoms with van der Waals surface area (Å²) in [5.41, 5.74) is 0. The van der Waals surface area contributed by atoms with Crippen molar-refractivity contribution in [3.8, 4) is 0 Å². The average molecular weight is 323 g/mol. The highest BCUT2D eigenvalue weighted by atomic mass is 32.2. The summed E-state index contributed by atoms with van der Waals surface area (Å²) in [6.45, 7) is 0. The number of aromatic nitrogens is 4. The molecule has 2 saturated carbocycles. The van der Waals surface area contributed by atoms with Crippen molar-refractivity contribution in [2.75, 3.05) is 12.8 Å². The Morgan fingerprint density at radius 3 is 2.59 bits per heavy atom. The summed E-state index contributed by atoms with van der Waals surface area (Å²) in [5.74, 6) is 0.623. The van der Waals surface area contributed by atoms with Crippen molar-refractivity contribution < 1.29 is 4.79 Å². The Labute approximate surface area is 136 Å². The van der Waals surface area contributed by atoms with Gasteiger partial charge in [-0.3, -0.25) is 4.79 Å². The van der Waals surface area contributed by atoms with Crippen LogP contribution in [0.15, 0.2) is 5.16 Å². The third-order valence-corrected chi connectivity index (χ3v) is 5.89. The van der Waals surface area contributed by atoms with Crippen LogP contribution in [-0.4, -0.2) is 49.9 Å². The van der Waals surface area contributed by atoms with Gasteiger partial charge >= 0.3 is 0 Å². The zero-order valence-electron chi connectivity index (χ0n) is 13.3. The molecule has 22 heavy (non-hydrogen) atoms. The molecule has 1 heterocycles. The number of carbonyl (C=O) groups is 1. The first-order valence-corrected chi connectivity index (χ1v) is 9.40. The largest absolute Gasteiger partial charge is 0.342 e. The van der Waals surface area contributed by atoms with Crippen LogP contribution in [0.25, 0.3) is 0 Å². The Morgan fingerprint density at radius 2 is 1.86 bits per heavy atom. The number of rotatable bonds is 5. The minimum absolute atomic E-state index is 0.192. The number of amides is 1. The summed E-state index contributed by atoms with van der Waals surface area (Å²) < 4.78 is 1.92. The van der Waals surface area contributed by atoms with Gasteiger partial charge in [0.2, 0.25) is 11.1 Å². The van der Waals surface area contributed by atoms with Crippen LogP contribution in [0.5, 0.6) is 0 Å². The molecule has 0 N–H and O–H groups in total. The van der Waals surface area contributed by atoms with E-state index in [0.717, 1.165) is 30.8 Å². The van der Waals surface area contributed by atoms with Gasteiger partial charge < -0.3 is 4.90 Å². The molecule has 1 amide bonds. The molecule has 0 saturated heterocycles. The molecule has 0 unspecified atom stereocenters. The van der Waals surface area contributed by atoms with Crippen LogP contribution in [0.2, 0.25) is 0 Å². The fraction of sp³-hybridized carbons (Fsp3) is 0.867. The SMILES string of the molecule is CN(C(=O)CSc1nnnn1C1CCCC1)C1CCCCC1. The molecule has 2 aliphatic carbocycles. The molecule has 2 fully saturated rings. The lowest BCUT2D eigenvalue weighted by molar-refractivity contribution is -0.129. The number of hydrogen-bond acceptors (Lipinski definition) is 5. The summed E-state index contributed by atoms with van der Waals surface area (Å²) in [5, 5.41) is 12.8. The molecule has 0 aliphatic heterocycles. The van der Waals surface area contributed by atoms with Gasteiger partial charge in [-0.1, -0.05) is 43.9 Å². The van der Waals surface area contributed by atoms with E-state index in [4.69, 9.17) is 0 Å². The number of hydrogen-bond donors (Lipinski definition) is 0. The molecule has 0 spiro atoms. The summed E-state index contributed by atoms with van der Waals surface area (Å²) in [4.78, 5) is 14.3. The van der Waals surface area contributed by atoms with Crippen molar-refractivity contribution in [3.05, 3.63) is 0 Å². The molecule has 1 aromatic heterocycles. The summed E-state index contributed by atoms with van der Waals surface area (Å²) in [7, 11) is 1.94. The van der Waals surface area contributed by atoms with E-state index in [9.17, 15) is 4.79 Å². The van der Waals surface area contributed by atoms with E-state index in [0.29, 0.717) is 17.8 Å². The van der Waals surface area contributed by atoms with Crippen molar-refractivity contribution >= 4 is 17.7 Å². The van der Waals surface area contributed by atoms with Gasteiger partial charge in [0.15, 0.2) is 0 Å². The van der Waals surface area contributed by atoms with Crippen molar-refractivity contribution in [2.24, 2.45) is 0 Å². The Balaban J connectivity index is 1.53. The van der Waals surface area contributed by atoms with Crippen LogP contribution in [-0.2, 0) is 4.79 Å². The molecule has 0 atom stereocenters. The maximum absolute atomic E-state index is 12.4. The Kier molecular flexibility index (Phi) is 5.33. The molecule has 2 aliphatic rings. The first-order chi connectivity index (χ1) is 10.8. The molecule has 0 bridgehead atoms. The van der Waals surface area contributed by atoms with Crippen molar-refractivity contribution in [3.63, 3.8) is 0 Å². The molecule has 1 aromatic rings. The quantitative estimate of drug-likeness (QED) is 0.780. The molecule has 122 valence electrons. The highest BCUT2D eigenvalue weighted by Gasteiger charge is 2.24. The minimum atomic E-state index is 0.192. The van der Waals surface area contributed by atoms with Crippen molar-refractivity contribution in [2.45, 2.75) is 75.0 Å². The summed E-state index contributed by atoms with van der Waals surface area (Å²) in [6.07, 6.45) is 10.9. The van der Waals surface area contributed by atoms with Crippen LogP contribution >= 0.6 is 11.8 Å².